The summed E-state index contributed by atoms with van der Waals surface area (Å²) in [5, 5.41) is 4.58. The van der Waals surface area contributed by atoms with Crippen molar-refractivity contribution in [1.29, 1.82) is 0 Å². The molecule has 1 atom stereocenters. The number of esters is 1. The van der Waals surface area contributed by atoms with E-state index in [1.165, 1.54) is 9.58 Å². The number of hydrogen-bond acceptors (Lipinski definition) is 4. The molecule has 1 saturated heterocycles. The van der Waals surface area contributed by atoms with Crippen molar-refractivity contribution in [1.82, 2.24) is 14.7 Å². The smallest absolute Gasteiger partial charge is 0.315 e. The maximum absolute atomic E-state index is 11.9. The molecule has 2 amide bonds. The van der Waals surface area contributed by atoms with E-state index in [1.807, 2.05) is 0 Å². The molecular formula is C13H19ClN4O3. The highest BCUT2D eigenvalue weighted by molar-refractivity contribution is 6.30. The van der Waals surface area contributed by atoms with Gasteiger partial charge in [-0.25, -0.2) is 4.79 Å². The predicted octanol–water partition coefficient (Wildman–Crippen LogP) is 1.01. The van der Waals surface area contributed by atoms with Gasteiger partial charge >= 0.3 is 12.0 Å². The highest BCUT2D eigenvalue weighted by Gasteiger charge is 2.28. The Morgan fingerprint density at radius 1 is 1.52 bits per heavy atom. The molecule has 21 heavy (non-hydrogen) atoms. The van der Waals surface area contributed by atoms with Crippen LogP contribution in [0.2, 0.25) is 5.15 Å². The molecule has 0 bridgehead atoms. The summed E-state index contributed by atoms with van der Waals surface area (Å²) >= 11 is 6.07. The average Bonchev–Trinajstić information content (AvgIpc) is 2.97. The van der Waals surface area contributed by atoms with E-state index in [0.717, 1.165) is 12.8 Å². The summed E-state index contributed by atoms with van der Waals surface area (Å²) in [6.07, 6.45) is 1.74. The first-order chi connectivity index (χ1) is 9.90. The minimum atomic E-state index is -0.473. The van der Waals surface area contributed by atoms with Gasteiger partial charge in [-0.3, -0.25) is 9.48 Å². The van der Waals surface area contributed by atoms with E-state index in [4.69, 9.17) is 22.1 Å². The number of ether oxygens (including phenoxy) is 1. The van der Waals surface area contributed by atoms with Gasteiger partial charge < -0.3 is 15.4 Å². The summed E-state index contributed by atoms with van der Waals surface area (Å²) in [7, 11) is 1.72. The molecule has 0 unspecified atom stereocenters. The van der Waals surface area contributed by atoms with E-state index in [1.54, 1.807) is 14.0 Å². The van der Waals surface area contributed by atoms with Crippen molar-refractivity contribution >= 4 is 23.6 Å². The number of likely N-dealkylation sites (tertiary alicyclic amines) is 1. The second-order valence-corrected chi connectivity index (χ2v) is 5.52. The van der Waals surface area contributed by atoms with Crippen molar-refractivity contribution < 1.29 is 14.3 Å². The summed E-state index contributed by atoms with van der Waals surface area (Å²) in [6, 6.07) is -0.600. The molecule has 0 radical (unpaired) electrons. The monoisotopic (exact) mass is 314 g/mol. The molecule has 1 aromatic heterocycles. The number of halogens is 1. The number of rotatable bonds is 4. The van der Waals surface area contributed by atoms with Crippen molar-refractivity contribution in [2.75, 3.05) is 13.2 Å². The standard InChI is InChI=1S/C13H19ClN4O3/c1-8-10(12(14)17(2)16-8)6-11(19)21-7-9-4-3-5-18(9)13(15)20/h9H,3-7H2,1-2H3,(H2,15,20)/t9-/m1/s1. The van der Waals surface area contributed by atoms with Gasteiger partial charge in [0.05, 0.1) is 18.2 Å². The van der Waals surface area contributed by atoms with Crippen LogP contribution in [0.1, 0.15) is 24.1 Å². The van der Waals surface area contributed by atoms with E-state index in [9.17, 15) is 9.59 Å². The van der Waals surface area contributed by atoms with Crippen molar-refractivity contribution in [2.45, 2.75) is 32.2 Å². The molecule has 1 aliphatic heterocycles. The van der Waals surface area contributed by atoms with Gasteiger partial charge in [0, 0.05) is 19.2 Å². The maximum atomic E-state index is 11.9. The van der Waals surface area contributed by atoms with Crippen LogP contribution in [-0.2, 0) is 23.0 Å². The van der Waals surface area contributed by atoms with E-state index < -0.39 is 6.03 Å². The van der Waals surface area contributed by atoms with Gasteiger partial charge in [0.1, 0.15) is 11.8 Å². The molecule has 0 saturated carbocycles. The summed E-state index contributed by atoms with van der Waals surface area (Å²) < 4.78 is 6.76. The summed E-state index contributed by atoms with van der Waals surface area (Å²) in [5.41, 5.74) is 6.65. The molecule has 0 spiro atoms. The lowest BCUT2D eigenvalue weighted by Crippen LogP contribution is -2.42. The normalized spacial score (nSPS) is 18.0. The number of primary amides is 1. The second-order valence-electron chi connectivity index (χ2n) is 5.17. The lowest BCUT2D eigenvalue weighted by Gasteiger charge is -2.22. The fourth-order valence-corrected chi connectivity index (χ4v) is 2.80. The fourth-order valence-electron chi connectivity index (χ4n) is 2.56. The van der Waals surface area contributed by atoms with Crippen LogP contribution < -0.4 is 5.73 Å². The minimum Gasteiger partial charge on any atom is -0.463 e. The highest BCUT2D eigenvalue weighted by Crippen LogP contribution is 2.20. The molecule has 1 aliphatic rings. The topological polar surface area (TPSA) is 90.5 Å². The first-order valence-corrected chi connectivity index (χ1v) is 7.17. The van der Waals surface area contributed by atoms with E-state index >= 15 is 0 Å². The lowest BCUT2D eigenvalue weighted by molar-refractivity contribution is -0.144. The number of nitrogens with zero attached hydrogens (tertiary/aromatic N) is 3. The summed E-state index contributed by atoms with van der Waals surface area (Å²) in [4.78, 5) is 24.7. The predicted molar refractivity (Wildman–Crippen MR) is 76.9 cm³/mol. The van der Waals surface area contributed by atoms with Crippen LogP contribution in [0, 0.1) is 6.92 Å². The zero-order valence-corrected chi connectivity index (χ0v) is 12.9. The largest absolute Gasteiger partial charge is 0.463 e. The maximum Gasteiger partial charge on any atom is 0.315 e. The molecule has 8 heteroatoms. The van der Waals surface area contributed by atoms with Crippen molar-refractivity contribution in [3.05, 3.63) is 16.4 Å². The number of aryl methyl sites for hydroxylation is 2. The van der Waals surface area contributed by atoms with Crippen molar-refractivity contribution in [2.24, 2.45) is 12.8 Å². The summed E-state index contributed by atoms with van der Waals surface area (Å²) in [6.45, 7) is 2.57. The number of aromatic nitrogens is 2. The zero-order valence-electron chi connectivity index (χ0n) is 12.1. The van der Waals surface area contributed by atoms with Crippen LogP contribution in [0.4, 0.5) is 4.79 Å². The minimum absolute atomic E-state index is 0.0712. The first kappa shape index (κ1) is 15.6. The van der Waals surface area contributed by atoms with Gasteiger partial charge in [-0.2, -0.15) is 5.10 Å². The lowest BCUT2D eigenvalue weighted by atomic mass is 10.2. The van der Waals surface area contributed by atoms with Crippen molar-refractivity contribution in [3.63, 3.8) is 0 Å². The zero-order chi connectivity index (χ0) is 15.6. The molecule has 0 aliphatic carbocycles. The van der Waals surface area contributed by atoms with E-state index in [2.05, 4.69) is 5.10 Å². The van der Waals surface area contributed by atoms with Crippen LogP contribution >= 0.6 is 11.6 Å². The second kappa shape index (κ2) is 6.34. The van der Waals surface area contributed by atoms with Crippen LogP contribution in [0.5, 0.6) is 0 Å². The van der Waals surface area contributed by atoms with Gasteiger partial charge in [0.2, 0.25) is 0 Å². The Hall–Kier alpha value is -1.76. The molecule has 2 N–H and O–H groups in total. The van der Waals surface area contributed by atoms with Gasteiger partial charge in [-0.15, -0.1) is 0 Å². The molecule has 2 rings (SSSR count). The van der Waals surface area contributed by atoms with Crippen LogP contribution in [0.3, 0.4) is 0 Å². The third-order valence-electron chi connectivity index (χ3n) is 3.69. The van der Waals surface area contributed by atoms with Crippen LogP contribution in [-0.4, -0.2) is 45.9 Å². The fraction of sp³-hybridized carbons (Fsp3) is 0.615. The van der Waals surface area contributed by atoms with Gasteiger partial charge in [-0.05, 0) is 19.8 Å². The highest BCUT2D eigenvalue weighted by atomic mass is 35.5. The van der Waals surface area contributed by atoms with Gasteiger partial charge in [0.25, 0.3) is 0 Å². The number of nitrogens with two attached hydrogens (primary N) is 1. The number of amides is 2. The van der Waals surface area contributed by atoms with Crippen molar-refractivity contribution in [3.8, 4) is 0 Å². The third kappa shape index (κ3) is 3.47. The van der Waals surface area contributed by atoms with E-state index in [0.29, 0.717) is 23.0 Å². The Kier molecular flexibility index (Phi) is 4.72. The van der Waals surface area contributed by atoms with Gasteiger partial charge in [0.15, 0.2) is 0 Å². The Bertz CT molecular complexity index is 558. The molecule has 7 nitrogen and oxygen atoms in total. The SMILES string of the molecule is Cc1nn(C)c(Cl)c1CC(=O)OC[C@H]1CCCN1C(N)=O. The Morgan fingerprint density at radius 2 is 2.24 bits per heavy atom. The first-order valence-electron chi connectivity index (χ1n) is 6.79. The summed E-state index contributed by atoms with van der Waals surface area (Å²) in [5.74, 6) is -0.385. The Morgan fingerprint density at radius 3 is 2.81 bits per heavy atom. The average molecular weight is 315 g/mol. The Labute approximate surface area is 128 Å². The van der Waals surface area contributed by atoms with Crippen LogP contribution in [0.15, 0.2) is 0 Å². The number of carbonyl (C=O) groups excluding carboxylic acids is 2. The quantitative estimate of drug-likeness (QED) is 0.840. The molecule has 1 aromatic rings. The Balaban J connectivity index is 1.89. The number of carbonyl (C=O) groups is 2. The van der Waals surface area contributed by atoms with Crippen LogP contribution in [0.25, 0.3) is 0 Å². The third-order valence-corrected chi connectivity index (χ3v) is 4.16. The molecule has 2 heterocycles. The van der Waals surface area contributed by atoms with Gasteiger partial charge in [-0.1, -0.05) is 11.6 Å². The number of hydrogen-bond donors (Lipinski definition) is 1. The number of urea groups is 1. The molecular weight excluding hydrogens is 296 g/mol. The molecule has 116 valence electrons. The molecule has 1 fully saturated rings. The molecule has 0 aromatic carbocycles. The van der Waals surface area contributed by atoms with E-state index in [-0.39, 0.29) is 25.0 Å².